The Morgan fingerprint density at radius 3 is 2.42 bits per heavy atom. The van der Waals surface area contributed by atoms with Crippen molar-refractivity contribution in [2.24, 2.45) is 0 Å². The molecule has 0 saturated heterocycles. The van der Waals surface area contributed by atoms with Gasteiger partial charge in [0.1, 0.15) is 24.7 Å². The summed E-state index contributed by atoms with van der Waals surface area (Å²) < 4.78 is 11.3. The molecule has 0 aliphatic carbocycles. The maximum Gasteiger partial charge on any atom is 0.271 e. The van der Waals surface area contributed by atoms with Gasteiger partial charge < -0.3 is 14.8 Å². The topological polar surface area (TPSA) is 103 Å². The molecular formula is C22H19N3O5S. The molecule has 0 fully saturated rings. The van der Waals surface area contributed by atoms with Crippen molar-refractivity contribution in [2.45, 2.75) is 0 Å². The number of para-hydroxylation sites is 2. The van der Waals surface area contributed by atoms with Crippen LogP contribution in [0.3, 0.4) is 0 Å². The van der Waals surface area contributed by atoms with Gasteiger partial charge in [-0.25, -0.2) is 0 Å². The van der Waals surface area contributed by atoms with Crippen molar-refractivity contribution in [2.75, 3.05) is 18.5 Å². The lowest BCUT2D eigenvalue weighted by Crippen LogP contribution is -2.34. The Morgan fingerprint density at radius 2 is 1.65 bits per heavy atom. The first-order valence-electron chi connectivity index (χ1n) is 9.29. The van der Waals surface area contributed by atoms with Crippen molar-refractivity contribution in [1.82, 2.24) is 5.32 Å². The number of carbonyl (C=O) groups is 1. The summed E-state index contributed by atoms with van der Waals surface area (Å²) in [7, 11) is 0. The Balaban J connectivity index is 1.55. The van der Waals surface area contributed by atoms with Gasteiger partial charge in [-0.1, -0.05) is 36.4 Å². The highest BCUT2D eigenvalue weighted by molar-refractivity contribution is 7.80. The molecule has 0 radical (unpaired) electrons. The fraction of sp³-hybridized carbons (Fsp3) is 0.0909. The van der Waals surface area contributed by atoms with Crippen LogP contribution in [0.15, 0.2) is 78.9 Å². The zero-order chi connectivity index (χ0) is 22.1. The molecular weight excluding hydrogens is 418 g/mol. The van der Waals surface area contributed by atoms with Crippen LogP contribution in [0.2, 0.25) is 0 Å². The van der Waals surface area contributed by atoms with Gasteiger partial charge in [-0.3, -0.25) is 20.2 Å². The molecule has 0 spiro atoms. The van der Waals surface area contributed by atoms with Crippen LogP contribution in [0, 0.1) is 10.1 Å². The second-order valence-electron chi connectivity index (χ2n) is 6.22. The van der Waals surface area contributed by atoms with Crippen molar-refractivity contribution >= 4 is 34.6 Å². The first-order valence-corrected chi connectivity index (χ1v) is 9.70. The maximum atomic E-state index is 12.6. The second kappa shape index (κ2) is 10.7. The molecule has 31 heavy (non-hydrogen) atoms. The van der Waals surface area contributed by atoms with Gasteiger partial charge in [-0.05, 0) is 42.5 Å². The molecule has 1 amide bonds. The van der Waals surface area contributed by atoms with Crippen LogP contribution in [0.4, 0.5) is 11.4 Å². The third-order valence-corrected chi connectivity index (χ3v) is 4.23. The number of hydrogen-bond donors (Lipinski definition) is 2. The number of nitrogens with zero attached hydrogens (tertiary/aromatic N) is 1. The molecule has 8 nitrogen and oxygen atoms in total. The minimum Gasteiger partial charge on any atom is -0.490 e. The van der Waals surface area contributed by atoms with E-state index in [9.17, 15) is 14.9 Å². The number of rotatable bonds is 8. The van der Waals surface area contributed by atoms with E-state index in [1.165, 1.54) is 18.2 Å². The minimum absolute atomic E-state index is 0.00714. The Hall–Kier alpha value is -3.98. The van der Waals surface area contributed by atoms with Crippen molar-refractivity contribution in [3.8, 4) is 11.5 Å². The summed E-state index contributed by atoms with van der Waals surface area (Å²) in [5.41, 5.74) is 0.600. The number of anilines is 1. The van der Waals surface area contributed by atoms with Crippen molar-refractivity contribution in [1.29, 1.82) is 0 Å². The summed E-state index contributed by atoms with van der Waals surface area (Å²) in [4.78, 5) is 23.0. The number of hydrogen-bond acceptors (Lipinski definition) is 6. The van der Waals surface area contributed by atoms with Gasteiger partial charge in [0.2, 0.25) is 0 Å². The summed E-state index contributed by atoms with van der Waals surface area (Å²) in [6.07, 6.45) is 0. The molecule has 158 valence electrons. The summed E-state index contributed by atoms with van der Waals surface area (Å²) in [5.74, 6) is 0.645. The molecule has 0 aromatic heterocycles. The number of nitro benzene ring substituents is 1. The number of thiocarbonyl (C=S) groups is 1. The highest BCUT2D eigenvalue weighted by Crippen LogP contribution is 2.19. The van der Waals surface area contributed by atoms with E-state index in [1.54, 1.807) is 30.3 Å². The Bertz CT molecular complexity index is 1080. The number of non-ortho nitro benzene ring substituents is 1. The predicted molar refractivity (Wildman–Crippen MR) is 121 cm³/mol. The average molecular weight is 437 g/mol. The van der Waals surface area contributed by atoms with Crippen LogP contribution in [0.25, 0.3) is 0 Å². The first kappa shape index (κ1) is 21.7. The van der Waals surface area contributed by atoms with Crippen LogP contribution in [0.1, 0.15) is 10.4 Å². The zero-order valence-electron chi connectivity index (χ0n) is 16.3. The number of benzene rings is 3. The summed E-state index contributed by atoms with van der Waals surface area (Å²) >= 11 is 5.15. The molecule has 3 aromatic carbocycles. The largest absolute Gasteiger partial charge is 0.490 e. The lowest BCUT2D eigenvalue weighted by Gasteiger charge is -2.13. The van der Waals surface area contributed by atoms with Crippen molar-refractivity contribution in [3.63, 3.8) is 0 Å². The molecule has 0 heterocycles. The zero-order valence-corrected chi connectivity index (χ0v) is 17.1. The van der Waals surface area contributed by atoms with Crippen LogP contribution >= 0.6 is 12.2 Å². The molecule has 9 heteroatoms. The van der Waals surface area contributed by atoms with E-state index < -0.39 is 10.8 Å². The van der Waals surface area contributed by atoms with Gasteiger partial charge in [0.25, 0.3) is 11.6 Å². The lowest BCUT2D eigenvalue weighted by molar-refractivity contribution is -0.384. The highest BCUT2D eigenvalue weighted by Gasteiger charge is 2.14. The normalized spacial score (nSPS) is 10.1. The summed E-state index contributed by atoms with van der Waals surface area (Å²) in [6.45, 7) is 0.558. The van der Waals surface area contributed by atoms with Gasteiger partial charge >= 0.3 is 0 Å². The quantitative estimate of drug-likeness (QED) is 0.236. The Kier molecular flexibility index (Phi) is 7.50. The Morgan fingerprint density at radius 1 is 0.935 bits per heavy atom. The molecule has 0 bridgehead atoms. The minimum atomic E-state index is -0.512. The molecule has 0 aliphatic heterocycles. The van der Waals surface area contributed by atoms with Gasteiger partial charge in [0, 0.05) is 17.8 Å². The van der Waals surface area contributed by atoms with Crippen LogP contribution in [0.5, 0.6) is 11.5 Å². The fourth-order valence-electron chi connectivity index (χ4n) is 2.64. The third kappa shape index (κ3) is 6.51. The highest BCUT2D eigenvalue weighted by atomic mass is 32.1. The SMILES string of the molecule is O=C(NC(=S)Nc1cccc([N+](=O)[O-])c1)c1ccccc1OCCOc1ccccc1. The van der Waals surface area contributed by atoms with E-state index in [-0.39, 0.29) is 17.4 Å². The summed E-state index contributed by atoms with van der Waals surface area (Å²) in [6, 6.07) is 21.9. The monoisotopic (exact) mass is 437 g/mol. The molecule has 0 saturated carbocycles. The third-order valence-electron chi connectivity index (χ3n) is 4.03. The van der Waals surface area contributed by atoms with E-state index >= 15 is 0 Å². The van der Waals surface area contributed by atoms with Gasteiger partial charge in [0.15, 0.2) is 5.11 Å². The number of nitrogens with one attached hydrogen (secondary N) is 2. The number of nitro groups is 1. The van der Waals surface area contributed by atoms with E-state index in [0.29, 0.717) is 23.6 Å². The van der Waals surface area contributed by atoms with Gasteiger partial charge in [-0.15, -0.1) is 0 Å². The molecule has 2 N–H and O–H groups in total. The van der Waals surface area contributed by atoms with Crippen molar-refractivity contribution < 1.29 is 19.2 Å². The van der Waals surface area contributed by atoms with E-state index in [2.05, 4.69) is 10.6 Å². The second-order valence-corrected chi connectivity index (χ2v) is 6.63. The predicted octanol–water partition coefficient (Wildman–Crippen LogP) is 4.18. The number of ether oxygens (including phenoxy) is 2. The molecule has 0 unspecified atom stereocenters. The lowest BCUT2D eigenvalue weighted by atomic mass is 10.2. The van der Waals surface area contributed by atoms with E-state index in [4.69, 9.17) is 21.7 Å². The van der Waals surface area contributed by atoms with Gasteiger partial charge in [0.05, 0.1) is 10.5 Å². The molecule has 0 aliphatic rings. The van der Waals surface area contributed by atoms with E-state index in [0.717, 1.165) is 5.75 Å². The summed E-state index contributed by atoms with van der Waals surface area (Å²) in [5, 5.41) is 16.2. The van der Waals surface area contributed by atoms with Crippen molar-refractivity contribution in [3.05, 3.63) is 94.5 Å². The molecule has 3 rings (SSSR count). The van der Waals surface area contributed by atoms with E-state index in [1.807, 2.05) is 30.3 Å². The average Bonchev–Trinajstić information content (AvgIpc) is 2.77. The first-order chi connectivity index (χ1) is 15.0. The number of amides is 1. The fourth-order valence-corrected chi connectivity index (χ4v) is 2.85. The number of carbonyl (C=O) groups excluding carboxylic acids is 1. The smallest absolute Gasteiger partial charge is 0.271 e. The molecule has 0 atom stereocenters. The standard InChI is InChI=1S/C22H19N3O5S/c26-21(24-22(31)23-16-7-6-8-17(15-16)25(27)28)19-11-4-5-12-20(19)30-14-13-29-18-9-2-1-3-10-18/h1-12,15H,13-14H2,(H2,23,24,26,31). The Labute approximate surface area is 184 Å². The maximum absolute atomic E-state index is 12.6. The van der Waals surface area contributed by atoms with Crippen LogP contribution in [-0.2, 0) is 0 Å². The van der Waals surface area contributed by atoms with Crippen LogP contribution in [-0.4, -0.2) is 29.2 Å². The van der Waals surface area contributed by atoms with Gasteiger partial charge in [-0.2, -0.15) is 0 Å². The van der Waals surface area contributed by atoms with Crippen LogP contribution < -0.4 is 20.1 Å². The molecule has 3 aromatic rings.